The molecule has 0 spiro atoms. The summed E-state index contributed by atoms with van der Waals surface area (Å²) in [5.41, 5.74) is 0. The first-order chi connectivity index (χ1) is 9.49. The number of urea groups is 1. The Labute approximate surface area is 118 Å². The summed E-state index contributed by atoms with van der Waals surface area (Å²) in [4.78, 5) is 34.9. The summed E-state index contributed by atoms with van der Waals surface area (Å²) in [5, 5.41) is 14.0. The van der Waals surface area contributed by atoms with Gasteiger partial charge in [-0.2, -0.15) is 0 Å². The monoisotopic (exact) mass is 285 g/mol. The van der Waals surface area contributed by atoms with Crippen LogP contribution in [-0.2, 0) is 9.59 Å². The van der Waals surface area contributed by atoms with Crippen LogP contribution in [-0.4, -0.2) is 54.1 Å². The third-order valence-electron chi connectivity index (χ3n) is 3.35. The molecule has 0 aliphatic carbocycles. The van der Waals surface area contributed by atoms with Crippen molar-refractivity contribution >= 4 is 17.9 Å². The number of hydrogen-bond donors (Lipinski definition) is 3. The van der Waals surface area contributed by atoms with Gasteiger partial charge in [-0.05, 0) is 25.2 Å². The number of carboxylic acid groups (broad SMARTS) is 1. The Morgan fingerprint density at radius 3 is 2.60 bits per heavy atom. The lowest BCUT2D eigenvalue weighted by molar-refractivity contribution is -0.137. The molecule has 1 aliphatic heterocycles. The van der Waals surface area contributed by atoms with Crippen LogP contribution in [0.4, 0.5) is 4.79 Å². The van der Waals surface area contributed by atoms with Crippen LogP contribution in [0.2, 0.25) is 0 Å². The molecule has 7 heteroatoms. The second kappa shape index (κ2) is 8.39. The van der Waals surface area contributed by atoms with Crippen molar-refractivity contribution in [2.45, 2.75) is 32.6 Å². The Hall–Kier alpha value is -1.79. The highest BCUT2D eigenvalue weighted by Crippen LogP contribution is 2.20. The molecule has 0 saturated carbocycles. The van der Waals surface area contributed by atoms with Gasteiger partial charge in [0.15, 0.2) is 0 Å². The topological polar surface area (TPSA) is 98.7 Å². The SMILES string of the molecule is CC(=O)NCCNC(=O)N1CCCC(CCC(=O)O)C1. The van der Waals surface area contributed by atoms with Crippen molar-refractivity contribution in [2.75, 3.05) is 26.2 Å². The summed E-state index contributed by atoms with van der Waals surface area (Å²) in [6.45, 7) is 3.56. The van der Waals surface area contributed by atoms with Crippen LogP contribution in [0.25, 0.3) is 0 Å². The van der Waals surface area contributed by atoms with E-state index in [0.717, 1.165) is 12.8 Å². The van der Waals surface area contributed by atoms with Crippen LogP contribution in [0.1, 0.15) is 32.6 Å². The Morgan fingerprint density at radius 2 is 1.95 bits per heavy atom. The minimum absolute atomic E-state index is 0.119. The number of carbonyl (C=O) groups is 3. The van der Waals surface area contributed by atoms with Gasteiger partial charge >= 0.3 is 12.0 Å². The van der Waals surface area contributed by atoms with Gasteiger partial charge in [-0.3, -0.25) is 9.59 Å². The summed E-state index contributed by atoms with van der Waals surface area (Å²) >= 11 is 0. The molecule has 3 amide bonds. The van der Waals surface area contributed by atoms with Crippen LogP contribution in [0.3, 0.4) is 0 Å². The molecule has 1 aliphatic rings. The Morgan fingerprint density at radius 1 is 1.25 bits per heavy atom. The van der Waals surface area contributed by atoms with E-state index in [2.05, 4.69) is 10.6 Å². The summed E-state index contributed by atoms with van der Waals surface area (Å²) in [6, 6.07) is -0.143. The van der Waals surface area contributed by atoms with Gasteiger partial charge in [0, 0.05) is 39.5 Å². The molecule has 1 saturated heterocycles. The zero-order chi connectivity index (χ0) is 15.0. The smallest absolute Gasteiger partial charge is 0.317 e. The fourth-order valence-corrected chi connectivity index (χ4v) is 2.33. The third-order valence-corrected chi connectivity index (χ3v) is 3.35. The van der Waals surface area contributed by atoms with Crippen LogP contribution in [0.15, 0.2) is 0 Å². The maximum absolute atomic E-state index is 11.9. The lowest BCUT2D eigenvalue weighted by Crippen LogP contribution is -2.47. The van der Waals surface area contributed by atoms with E-state index in [4.69, 9.17) is 5.11 Å². The number of likely N-dealkylation sites (tertiary alicyclic amines) is 1. The third kappa shape index (κ3) is 6.40. The Balaban J connectivity index is 2.25. The summed E-state index contributed by atoms with van der Waals surface area (Å²) in [7, 11) is 0. The van der Waals surface area contributed by atoms with Gasteiger partial charge in [0.25, 0.3) is 0 Å². The zero-order valence-electron chi connectivity index (χ0n) is 11.9. The average Bonchev–Trinajstić information content (AvgIpc) is 2.41. The highest BCUT2D eigenvalue weighted by atomic mass is 16.4. The molecule has 7 nitrogen and oxygen atoms in total. The number of nitrogens with one attached hydrogen (secondary N) is 2. The maximum atomic E-state index is 11.9. The normalized spacial score (nSPS) is 18.4. The van der Waals surface area contributed by atoms with E-state index in [9.17, 15) is 14.4 Å². The first-order valence-electron chi connectivity index (χ1n) is 6.98. The molecule has 0 aromatic rings. The van der Waals surface area contributed by atoms with Gasteiger partial charge in [-0.15, -0.1) is 0 Å². The largest absolute Gasteiger partial charge is 0.481 e. The number of amides is 3. The molecule has 114 valence electrons. The molecule has 3 N–H and O–H groups in total. The van der Waals surface area contributed by atoms with Crippen LogP contribution < -0.4 is 10.6 Å². The van der Waals surface area contributed by atoms with Gasteiger partial charge in [0.1, 0.15) is 0 Å². The van der Waals surface area contributed by atoms with Gasteiger partial charge in [0.2, 0.25) is 5.91 Å². The van der Waals surface area contributed by atoms with Crippen LogP contribution >= 0.6 is 0 Å². The number of aliphatic carboxylic acids is 1. The molecule has 1 unspecified atom stereocenters. The summed E-state index contributed by atoms with van der Waals surface area (Å²) < 4.78 is 0. The molecule has 20 heavy (non-hydrogen) atoms. The van der Waals surface area contributed by atoms with E-state index < -0.39 is 5.97 Å². The molecule has 1 atom stereocenters. The molecule has 1 heterocycles. The number of carbonyl (C=O) groups excluding carboxylic acids is 2. The van der Waals surface area contributed by atoms with Crippen molar-refractivity contribution in [2.24, 2.45) is 5.92 Å². The lowest BCUT2D eigenvalue weighted by Gasteiger charge is -2.32. The van der Waals surface area contributed by atoms with E-state index in [1.54, 1.807) is 4.90 Å². The van der Waals surface area contributed by atoms with Crippen molar-refractivity contribution in [1.82, 2.24) is 15.5 Å². The predicted octanol–water partition coefficient (Wildman–Crippen LogP) is 0.409. The number of rotatable bonds is 6. The Kier molecular flexibility index (Phi) is 6.83. The van der Waals surface area contributed by atoms with Crippen LogP contribution in [0, 0.1) is 5.92 Å². The fourth-order valence-electron chi connectivity index (χ4n) is 2.33. The number of hydrogen-bond acceptors (Lipinski definition) is 3. The molecule has 0 aromatic carbocycles. The van der Waals surface area contributed by atoms with Crippen molar-refractivity contribution in [1.29, 1.82) is 0 Å². The molecule has 0 radical (unpaired) electrons. The van der Waals surface area contributed by atoms with E-state index in [0.29, 0.717) is 32.6 Å². The minimum Gasteiger partial charge on any atom is -0.481 e. The molecule has 0 bridgehead atoms. The molecule has 1 rings (SSSR count). The summed E-state index contributed by atoms with van der Waals surface area (Å²) in [5.74, 6) is -0.645. The van der Waals surface area contributed by atoms with Gasteiger partial charge in [-0.1, -0.05) is 0 Å². The van der Waals surface area contributed by atoms with E-state index >= 15 is 0 Å². The number of piperidine rings is 1. The van der Waals surface area contributed by atoms with Crippen molar-refractivity contribution < 1.29 is 19.5 Å². The number of carboxylic acids is 1. The van der Waals surface area contributed by atoms with Gasteiger partial charge in [-0.25, -0.2) is 4.79 Å². The van der Waals surface area contributed by atoms with Crippen molar-refractivity contribution in [3.8, 4) is 0 Å². The van der Waals surface area contributed by atoms with E-state index in [1.165, 1.54) is 6.92 Å². The van der Waals surface area contributed by atoms with E-state index in [1.807, 2.05) is 0 Å². The first kappa shape index (κ1) is 16.3. The average molecular weight is 285 g/mol. The van der Waals surface area contributed by atoms with Gasteiger partial charge in [0.05, 0.1) is 0 Å². The fraction of sp³-hybridized carbons (Fsp3) is 0.769. The molecule has 1 fully saturated rings. The van der Waals surface area contributed by atoms with Gasteiger partial charge < -0.3 is 20.6 Å². The number of nitrogens with zero attached hydrogens (tertiary/aromatic N) is 1. The second-order valence-electron chi connectivity index (χ2n) is 5.10. The zero-order valence-corrected chi connectivity index (χ0v) is 11.9. The minimum atomic E-state index is -0.790. The highest BCUT2D eigenvalue weighted by Gasteiger charge is 2.23. The highest BCUT2D eigenvalue weighted by molar-refractivity contribution is 5.75. The Bertz CT molecular complexity index is 360. The second-order valence-corrected chi connectivity index (χ2v) is 5.10. The van der Waals surface area contributed by atoms with Crippen LogP contribution in [0.5, 0.6) is 0 Å². The van der Waals surface area contributed by atoms with E-state index in [-0.39, 0.29) is 24.3 Å². The maximum Gasteiger partial charge on any atom is 0.317 e. The predicted molar refractivity (Wildman–Crippen MR) is 73.2 cm³/mol. The molecular formula is C13H23N3O4. The van der Waals surface area contributed by atoms with Crippen molar-refractivity contribution in [3.63, 3.8) is 0 Å². The molecule has 0 aromatic heterocycles. The summed E-state index contributed by atoms with van der Waals surface area (Å²) in [6.07, 6.45) is 2.65. The quantitative estimate of drug-likeness (QED) is 0.615. The molecular weight excluding hydrogens is 262 g/mol. The first-order valence-corrected chi connectivity index (χ1v) is 6.98. The van der Waals surface area contributed by atoms with Crippen molar-refractivity contribution in [3.05, 3.63) is 0 Å². The lowest BCUT2D eigenvalue weighted by atomic mass is 9.93. The standard InChI is InChI=1S/C13H23N3O4/c1-10(17)14-6-7-15-13(20)16-8-2-3-11(9-16)4-5-12(18)19/h11H,2-9H2,1H3,(H,14,17)(H,15,20)(H,18,19).